The van der Waals surface area contributed by atoms with Crippen LogP contribution in [0.5, 0.6) is 0 Å². The van der Waals surface area contributed by atoms with E-state index in [-0.39, 0.29) is 28.0 Å². The van der Waals surface area contributed by atoms with Crippen molar-refractivity contribution in [1.29, 1.82) is 0 Å². The molecule has 1 fully saturated rings. The van der Waals surface area contributed by atoms with Gasteiger partial charge in [0.1, 0.15) is 0 Å². The Balaban J connectivity index is 1.56. The van der Waals surface area contributed by atoms with Gasteiger partial charge in [0.25, 0.3) is 11.6 Å². The fraction of sp³-hybridized carbons (Fsp3) is 0.211. The Kier molecular flexibility index (Phi) is 5.25. The van der Waals surface area contributed by atoms with Gasteiger partial charge in [0.15, 0.2) is 5.69 Å². The van der Waals surface area contributed by atoms with E-state index in [1.165, 1.54) is 41.1 Å². The van der Waals surface area contributed by atoms with Crippen LogP contribution in [0.25, 0.3) is 5.69 Å². The van der Waals surface area contributed by atoms with E-state index in [1.54, 1.807) is 19.1 Å². The van der Waals surface area contributed by atoms with E-state index >= 15 is 0 Å². The van der Waals surface area contributed by atoms with Crippen LogP contribution in [0.1, 0.15) is 29.0 Å². The van der Waals surface area contributed by atoms with Gasteiger partial charge in [-0.25, -0.2) is 17.8 Å². The third-order valence-corrected chi connectivity index (χ3v) is 6.21. The number of amides is 1. The number of carbonyl (C=O) groups is 1. The molecule has 0 unspecified atom stereocenters. The van der Waals surface area contributed by atoms with Crippen LogP contribution in [-0.4, -0.2) is 40.3 Å². The smallest absolute Gasteiger partial charge is 0.278 e. The predicted octanol–water partition coefficient (Wildman–Crippen LogP) is 2.18. The summed E-state index contributed by atoms with van der Waals surface area (Å²) in [4.78, 5) is 23.2. The van der Waals surface area contributed by atoms with Crippen LogP contribution in [0.4, 0.5) is 11.4 Å². The molecule has 2 N–H and O–H groups in total. The molecule has 1 aromatic heterocycles. The van der Waals surface area contributed by atoms with Gasteiger partial charge in [-0.15, -0.1) is 5.10 Å². The summed E-state index contributed by atoms with van der Waals surface area (Å²) in [5.74, 6) is -0.584. The number of nitrogens with one attached hydrogen (secondary N) is 2. The highest BCUT2D eigenvalue weighted by molar-refractivity contribution is 7.89. The van der Waals surface area contributed by atoms with Crippen molar-refractivity contribution in [2.24, 2.45) is 0 Å². The molecule has 1 saturated carbocycles. The Morgan fingerprint density at radius 2 is 1.94 bits per heavy atom. The molecule has 31 heavy (non-hydrogen) atoms. The molecule has 2 aromatic carbocycles. The molecule has 4 rings (SSSR count). The standard InChI is InChI=1S/C19H18N6O5S/c1-12-18(21-23-24(12)15-5-3-6-16(11-15)25(27)28)19(26)20-14-4-2-7-17(10-14)31(29,30)22-13-8-9-13/h2-7,10-11,13,22H,8-9H2,1H3,(H,20,26). The molecule has 0 aliphatic heterocycles. The fourth-order valence-corrected chi connectivity index (χ4v) is 4.29. The summed E-state index contributed by atoms with van der Waals surface area (Å²) < 4.78 is 28.7. The van der Waals surface area contributed by atoms with Gasteiger partial charge < -0.3 is 5.32 Å². The van der Waals surface area contributed by atoms with Crippen molar-refractivity contribution in [2.75, 3.05) is 5.32 Å². The Hall–Kier alpha value is -3.64. The lowest BCUT2D eigenvalue weighted by molar-refractivity contribution is -0.384. The molecule has 0 radical (unpaired) electrons. The van der Waals surface area contributed by atoms with Crippen molar-refractivity contribution in [3.63, 3.8) is 0 Å². The first-order valence-electron chi connectivity index (χ1n) is 9.35. The summed E-state index contributed by atoms with van der Waals surface area (Å²) >= 11 is 0. The maximum atomic E-state index is 12.7. The minimum absolute atomic E-state index is 0.0101. The quantitative estimate of drug-likeness (QED) is 0.421. The zero-order chi connectivity index (χ0) is 22.2. The number of benzene rings is 2. The molecule has 0 spiro atoms. The minimum atomic E-state index is -3.66. The van der Waals surface area contributed by atoms with Crippen LogP contribution >= 0.6 is 0 Å². The van der Waals surface area contributed by atoms with Crippen LogP contribution in [0.15, 0.2) is 53.4 Å². The zero-order valence-corrected chi connectivity index (χ0v) is 17.2. The van der Waals surface area contributed by atoms with E-state index in [0.717, 1.165) is 12.8 Å². The molecule has 12 heteroatoms. The number of nitro benzene ring substituents is 1. The fourth-order valence-electron chi connectivity index (χ4n) is 2.94. The van der Waals surface area contributed by atoms with Crippen LogP contribution in [-0.2, 0) is 10.0 Å². The number of hydrogen-bond acceptors (Lipinski definition) is 7. The third kappa shape index (κ3) is 4.44. The second-order valence-corrected chi connectivity index (χ2v) is 8.80. The number of aromatic nitrogens is 3. The largest absolute Gasteiger partial charge is 0.320 e. The lowest BCUT2D eigenvalue weighted by Crippen LogP contribution is -2.25. The average Bonchev–Trinajstić information content (AvgIpc) is 3.45. The van der Waals surface area contributed by atoms with Gasteiger partial charge in [-0.1, -0.05) is 17.3 Å². The van der Waals surface area contributed by atoms with Gasteiger partial charge in [0, 0.05) is 23.9 Å². The Morgan fingerprint density at radius 1 is 1.19 bits per heavy atom. The van der Waals surface area contributed by atoms with Crippen LogP contribution in [0.2, 0.25) is 0 Å². The highest BCUT2D eigenvalue weighted by Crippen LogP contribution is 2.24. The average molecular weight is 442 g/mol. The number of carbonyl (C=O) groups excluding carboxylic acids is 1. The second-order valence-electron chi connectivity index (χ2n) is 7.09. The molecular formula is C19H18N6O5S. The van der Waals surface area contributed by atoms with Crippen LogP contribution in [0, 0.1) is 17.0 Å². The van der Waals surface area contributed by atoms with Crippen molar-refractivity contribution in [1.82, 2.24) is 19.7 Å². The summed E-state index contributed by atoms with van der Waals surface area (Å²) in [6.07, 6.45) is 1.63. The predicted molar refractivity (Wildman–Crippen MR) is 110 cm³/mol. The first-order valence-corrected chi connectivity index (χ1v) is 10.8. The molecule has 1 aliphatic carbocycles. The molecule has 160 valence electrons. The summed E-state index contributed by atoms with van der Waals surface area (Å²) in [5, 5.41) is 21.4. The molecule has 0 bridgehead atoms. The number of non-ortho nitro benzene ring substituents is 1. The second kappa shape index (κ2) is 7.89. The summed E-state index contributed by atoms with van der Waals surface area (Å²) in [5.41, 5.74) is 0.940. The first-order chi connectivity index (χ1) is 14.7. The molecule has 3 aromatic rings. The molecule has 11 nitrogen and oxygen atoms in total. The highest BCUT2D eigenvalue weighted by atomic mass is 32.2. The molecule has 1 amide bonds. The molecule has 1 heterocycles. The van der Waals surface area contributed by atoms with Gasteiger partial charge >= 0.3 is 0 Å². The van der Waals surface area contributed by atoms with Crippen LogP contribution in [0.3, 0.4) is 0 Å². The SMILES string of the molecule is Cc1c(C(=O)Nc2cccc(S(=O)(=O)NC3CC3)c2)nnn1-c1cccc([N+](=O)[O-])c1. The third-order valence-electron chi connectivity index (χ3n) is 4.70. The number of anilines is 1. The maximum absolute atomic E-state index is 12.7. The molecule has 0 saturated heterocycles. The number of nitrogens with zero attached hydrogens (tertiary/aromatic N) is 4. The number of hydrogen-bond donors (Lipinski definition) is 2. The van der Waals surface area contributed by atoms with Crippen molar-refractivity contribution in [3.05, 3.63) is 70.0 Å². The van der Waals surface area contributed by atoms with E-state index in [1.807, 2.05) is 0 Å². The minimum Gasteiger partial charge on any atom is -0.320 e. The van der Waals surface area contributed by atoms with Gasteiger partial charge in [0.2, 0.25) is 10.0 Å². The van der Waals surface area contributed by atoms with Crippen LogP contribution < -0.4 is 10.0 Å². The van der Waals surface area contributed by atoms with Crippen molar-refractivity contribution >= 4 is 27.3 Å². The zero-order valence-electron chi connectivity index (χ0n) is 16.3. The molecule has 1 aliphatic rings. The normalized spacial score (nSPS) is 13.7. The van der Waals surface area contributed by atoms with Crippen molar-refractivity contribution in [3.8, 4) is 5.69 Å². The highest BCUT2D eigenvalue weighted by Gasteiger charge is 2.28. The Labute approximate surface area is 177 Å². The van der Waals surface area contributed by atoms with E-state index in [2.05, 4.69) is 20.4 Å². The van der Waals surface area contributed by atoms with Gasteiger partial charge in [0.05, 0.1) is 21.2 Å². The summed E-state index contributed by atoms with van der Waals surface area (Å²) in [7, 11) is -3.66. The van der Waals surface area contributed by atoms with E-state index in [9.17, 15) is 23.3 Å². The van der Waals surface area contributed by atoms with E-state index in [4.69, 9.17) is 0 Å². The lowest BCUT2D eigenvalue weighted by Gasteiger charge is -2.09. The van der Waals surface area contributed by atoms with Crippen molar-refractivity contribution in [2.45, 2.75) is 30.7 Å². The number of rotatable bonds is 7. The topological polar surface area (TPSA) is 149 Å². The van der Waals surface area contributed by atoms with Gasteiger partial charge in [-0.05, 0) is 44.0 Å². The summed E-state index contributed by atoms with van der Waals surface area (Å²) in [6, 6.07) is 11.7. The van der Waals surface area contributed by atoms with E-state index in [0.29, 0.717) is 11.4 Å². The van der Waals surface area contributed by atoms with Crippen molar-refractivity contribution < 1.29 is 18.1 Å². The van der Waals surface area contributed by atoms with E-state index < -0.39 is 20.9 Å². The van der Waals surface area contributed by atoms with Gasteiger partial charge in [-0.2, -0.15) is 0 Å². The number of sulfonamides is 1. The van der Waals surface area contributed by atoms with Gasteiger partial charge in [-0.3, -0.25) is 14.9 Å². The molecular weight excluding hydrogens is 424 g/mol. The lowest BCUT2D eigenvalue weighted by atomic mass is 10.2. The first kappa shape index (κ1) is 20.6. The number of nitro groups is 1. The Bertz CT molecular complexity index is 1280. The monoisotopic (exact) mass is 442 g/mol. The summed E-state index contributed by atoms with van der Waals surface area (Å²) in [6.45, 7) is 1.61. The maximum Gasteiger partial charge on any atom is 0.278 e. The Morgan fingerprint density at radius 3 is 2.65 bits per heavy atom. The molecule has 0 atom stereocenters.